The van der Waals surface area contributed by atoms with E-state index in [1.54, 1.807) is 21.9 Å². The van der Waals surface area contributed by atoms with Gasteiger partial charge in [-0.05, 0) is 31.9 Å². The molecule has 2 aliphatic heterocycles. The van der Waals surface area contributed by atoms with Gasteiger partial charge in [0.15, 0.2) is 6.61 Å². The van der Waals surface area contributed by atoms with Gasteiger partial charge in [-0.1, -0.05) is 12.1 Å². The number of carbonyl (C=O) groups is 3. The predicted octanol–water partition coefficient (Wildman–Crippen LogP) is 1.51. The van der Waals surface area contributed by atoms with Gasteiger partial charge in [0.2, 0.25) is 5.91 Å². The summed E-state index contributed by atoms with van der Waals surface area (Å²) in [5.41, 5.74) is 0.668. The van der Waals surface area contributed by atoms with Crippen LogP contribution in [0, 0.1) is 5.92 Å². The lowest BCUT2D eigenvalue weighted by atomic mass is 9.93. The summed E-state index contributed by atoms with van der Waals surface area (Å²) >= 11 is 0. The molecule has 7 heteroatoms. The molecule has 7 nitrogen and oxygen atoms in total. The molecule has 2 heterocycles. The molecular formula is C18H22N2O5. The fourth-order valence-corrected chi connectivity index (χ4v) is 3.41. The molecule has 0 saturated carbocycles. The van der Waals surface area contributed by atoms with Crippen molar-refractivity contribution in [2.45, 2.75) is 32.2 Å². The number of amides is 2. The minimum Gasteiger partial charge on any atom is -0.482 e. The van der Waals surface area contributed by atoms with Crippen LogP contribution in [0.1, 0.15) is 26.2 Å². The molecule has 1 N–H and O–H groups in total. The second-order valence-electron chi connectivity index (χ2n) is 6.56. The Morgan fingerprint density at radius 2 is 2.04 bits per heavy atom. The number of para-hydroxylation sites is 2. The number of carboxylic acid groups (broad SMARTS) is 1. The van der Waals surface area contributed by atoms with Crippen molar-refractivity contribution < 1.29 is 24.2 Å². The van der Waals surface area contributed by atoms with Gasteiger partial charge in [-0.2, -0.15) is 0 Å². The highest BCUT2D eigenvalue weighted by Gasteiger charge is 2.33. The van der Waals surface area contributed by atoms with Crippen LogP contribution >= 0.6 is 0 Å². The van der Waals surface area contributed by atoms with Gasteiger partial charge in [0, 0.05) is 25.6 Å². The second-order valence-corrected chi connectivity index (χ2v) is 6.56. The molecule has 0 radical (unpaired) electrons. The minimum atomic E-state index is -0.859. The molecule has 2 aliphatic rings. The number of hydrogen-bond acceptors (Lipinski definition) is 4. The molecule has 2 unspecified atom stereocenters. The van der Waals surface area contributed by atoms with Gasteiger partial charge in [0.25, 0.3) is 5.91 Å². The standard InChI is InChI=1S/C18H22N2O5/c1-12-6-7-13(18(23)24)10-20(12)16(21)8-9-19-14-4-2-3-5-15(14)25-11-17(19)22/h2-5,12-13H,6-11H2,1H3,(H,23,24). The van der Waals surface area contributed by atoms with Crippen LogP contribution in [-0.4, -0.2) is 53.5 Å². The van der Waals surface area contributed by atoms with E-state index in [-0.39, 0.29) is 44.0 Å². The van der Waals surface area contributed by atoms with Gasteiger partial charge in [0.1, 0.15) is 5.75 Å². The molecule has 0 bridgehead atoms. The summed E-state index contributed by atoms with van der Waals surface area (Å²) in [7, 11) is 0. The number of carboxylic acids is 1. The molecule has 0 aromatic heterocycles. The van der Waals surface area contributed by atoms with Gasteiger partial charge in [-0.15, -0.1) is 0 Å². The number of aliphatic carboxylic acids is 1. The van der Waals surface area contributed by atoms with Crippen LogP contribution in [0.4, 0.5) is 5.69 Å². The molecule has 1 fully saturated rings. The monoisotopic (exact) mass is 346 g/mol. The highest BCUT2D eigenvalue weighted by molar-refractivity contribution is 5.98. The number of fused-ring (bicyclic) bond motifs is 1. The van der Waals surface area contributed by atoms with Crippen molar-refractivity contribution >= 4 is 23.5 Å². The molecule has 0 aliphatic carbocycles. The first kappa shape index (κ1) is 17.3. The Morgan fingerprint density at radius 3 is 2.80 bits per heavy atom. The molecule has 2 atom stereocenters. The normalized spacial score (nSPS) is 23.0. The van der Waals surface area contributed by atoms with Crippen molar-refractivity contribution in [1.82, 2.24) is 4.90 Å². The molecule has 134 valence electrons. The zero-order valence-electron chi connectivity index (χ0n) is 14.2. The molecule has 1 aromatic carbocycles. The SMILES string of the molecule is CC1CCC(C(=O)O)CN1C(=O)CCN1C(=O)COc2ccccc21. The van der Waals surface area contributed by atoms with Gasteiger partial charge < -0.3 is 19.6 Å². The summed E-state index contributed by atoms with van der Waals surface area (Å²) < 4.78 is 5.39. The number of hydrogen-bond donors (Lipinski definition) is 1. The van der Waals surface area contributed by atoms with Crippen LogP contribution in [0.3, 0.4) is 0 Å². The molecule has 1 saturated heterocycles. The fourth-order valence-electron chi connectivity index (χ4n) is 3.41. The number of anilines is 1. The van der Waals surface area contributed by atoms with Crippen LogP contribution in [0.15, 0.2) is 24.3 Å². The summed E-state index contributed by atoms with van der Waals surface area (Å²) in [4.78, 5) is 39.2. The van der Waals surface area contributed by atoms with E-state index in [0.717, 1.165) is 0 Å². The maximum Gasteiger partial charge on any atom is 0.308 e. The Hall–Kier alpha value is -2.57. The third-order valence-electron chi connectivity index (χ3n) is 4.91. The number of benzene rings is 1. The Balaban J connectivity index is 1.66. The van der Waals surface area contributed by atoms with Crippen molar-refractivity contribution in [1.29, 1.82) is 0 Å². The Bertz CT molecular complexity index is 690. The number of likely N-dealkylation sites (tertiary alicyclic amines) is 1. The van der Waals surface area contributed by atoms with Crippen LogP contribution in [0.5, 0.6) is 5.75 Å². The fraction of sp³-hybridized carbons (Fsp3) is 0.500. The number of piperidine rings is 1. The number of ether oxygens (including phenoxy) is 1. The third-order valence-corrected chi connectivity index (χ3v) is 4.91. The van der Waals surface area contributed by atoms with Gasteiger partial charge >= 0.3 is 5.97 Å². The molecule has 2 amide bonds. The lowest BCUT2D eigenvalue weighted by molar-refractivity contribution is -0.147. The summed E-state index contributed by atoms with van der Waals surface area (Å²) in [5, 5.41) is 9.20. The summed E-state index contributed by atoms with van der Waals surface area (Å²) in [6.45, 7) is 2.40. The van der Waals surface area contributed by atoms with Gasteiger partial charge in [-0.25, -0.2) is 0 Å². The molecular weight excluding hydrogens is 324 g/mol. The van der Waals surface area contributed by atoms with Crippen molar-refractivity contribution in [3.63, 3.8) is 0 Å². The van der Waals surface area contributed by atoms with Crippen LogP contribution in [-0.2, 0) is 14.4 Å². The van der Waals surface area contributed by atoms with Crippen molar-refractivity contribution in [2.75, 3.05) is 24.6 Å². The molecule has 3 rings (SSSR count). The summed E-state index contributed by atoms with van der Waals surface area (Å²) in [6.07, 6.45) is 1.44. The van der Waals surface area contributed by atoms with Crippen LogP contribution < -0.4 is 9.64 Å². The quantitative estimate of drug-likeness (QED) is 0.893. The van der Waals surface area contributed by atoms with Crippen molar-refractivity contribution in [3.8, 4) is 5.75 Å². The third kappa shape index (κ3) is 3.60. The van der Waals surface area contributed by atoms with E-state index in [1.165, 1.54) is 0 Å². The minimum absolute atomic E-state index is 0.0239. The van der Waals surface area contributed by atoms with E-state index in [4.69, 9.17) is 4.74 Å². The van der Waals surface area contributed by atoms with Crippen molar-refractivity contribution in [2.24, 2.45) is 5.92 Å². The highest BCUT2D eigenvalue weighted by Crippen LogP contribution is 2.31. The highest BCUT2D eigenvalue weighted by atomic mass is 16.5. The first-order valence-electron chi connectivity index (χ1n) is 8.52. The average molecular weight is 346 g/mol. The smallest absolute Gasteiger partial charge is 0.308 e. The number of rotatable bonds is 4. The van der Waals surface area contributed by atoms with E-state index in [0.29, 0.717) is 24.3 Å². The Kier molecular flexibility index (Phi) is 4.92. The first-order chi connectivity index (χ1) is 12.0. The number of nitrogens with zero attached hydrogens (tertiary/aromatic N) is 2. The molecule has 25 heavy (non-hydrogen) atoms. The van der Waals surface area contributed by atoms with Crippen LogP contribution in [0.2, 0.25) is 0 Å². The maximum absolute atomic E-state index is 12.6. The van der Waals surface area contributed by atoms with E-state index in [1.807, 2.05) is 19.1 Å². The largest absolute Gasteiger partial charge is 0.482 e. The van der Waals surface area contributed by atoms with Gasteiger partial charge in [-0.3, -0.25) is 14.4 Å². The van der Waals surface area contributed by atoms with E-state index >= 15 is 0 Å². The lowest BCUT2D eigenvalue weighted by Crippen LogP contribution is -2.48. The zero-order chi connectivity index (χ0) is 18.0. The summed E-state index contributed by atoms with van der Waals surface area (Å²) in [5.74, 6) is -1.03. The van der Waals surface area contributed by atoms with Gasteiger partial charge in [0.05, 0.1) is 11.6 Å². The van der Waals surface area contributed by atoms with Crippen molar-refractivity contribution in [3.05, 3.63) is 24.3 Å². The van der Waals surface area contributed by atoms with Crippen LogP contribution in [0.25, 0.3) is 0 Å². The number of carbonyl (C=O) groups excluding carboxylic acids is 2. The van der Waals surface area contributed by atoms with E-state index < -0.39 is 11.9 Å². The lowest BCUT2D eigenvalue weighted by Gasteiger charge is -2.37. The molecule has 0 spiro atoms. The van der Waals surface area contributed by atoms with E-state index in [2.05, 4.69) is 0 Å². The Morgan fingerprint density at radius 1 is 1.28 bits per heavy atom. The topological polar surface area (TPSA) is 87.2 Å². The van der Waals surface area contributed by atoms with E-state index in [9.17, 15) is 19.5 Å². The summed E-state index contributed by atoms with van der Waals surface area (Å²) in [6, 6.07) is 7.26. The zero-order valence-corrected chi connectivity index (χ0v) is 14.2. The molecule has 1 aromatic rings. The predicted molar refractivity (Wildman–Crippen MR) is 90.4 cm³/mol. The average Bonchev–Trinajstić information content (AvgIpc) is 2.60. The first-order valence-corrected chi connectivity index (χ1v) is 8.52. The Labute approximate surface area is 146 Å². The maximum atomic E-state index is 12.6. The second kappa shape index (κ2) is 7.13.